The fourth-order valence-corrected chi connectivity index (χ4v) is 1.49. The predicted octanol–water partition coefficient (Wildman–Crippen LogP) is 1.63. The molecule has 0 aliphatic carbocycles. The lowest BCUT2D eigenvalue weighted by molar-refractivity contribution is -0.119. The summed E-state index contributed by atoms with van der Waals surface area (Å²) < 4.78 is 0. The van der Waals surface area contributed by atoms with Gasteiger partial charge in [-0.3, -0.25) is 4.79 Å². The van der Waals surface area contributed by atoms with E-state index < -0.39 is 0 Å². The van der Waals surface area contributed by atoms with Gasteiger partial charge in [-0.25, -0.2) is 0 Å². The Bertz CT molecular complexity index is 381. The summed E-state index contributed by atoms with van der Waals surface area (Å²) in [5.41, 5.74) is 6.11. The molecule has 0 fully saturated rings. The Balaban J connectivity index is 2.47. The van der Waals surface area contributed by atoms with E-state index >= 15 is 0 Å². The Kier molecular flexibility index (Phi) is 4.52. The largest absolute Gasteiger partial charge is 0.376 e. The topological polar surface area (TPSA) is 55.1 Å². The number of hydrogen-bond acceptors (Lipinski definition) is 2. The highest BCUT2D eigenvalue weighted by molar-refractivity contribution is 7.80. The second-order valence-electron chi connectivity index (χ2n) is 3.00. The van der Waals surface area contributed by atoms with E-state index in [1.807, 2.05) is 18.2 Å². The zero-order valence-corrected chi connectivity index (χ0v) is 9.57. The Morgan fingerprint density at radius 3 is 2.73 bits per heavy atom. The van der Waals surface area contributed by atoms with E-state index in [0.29, 0.717) is 17.9 Å². The number of carbonyl (C=O) groups is 1. The van der Waals surface area contributed by atoms with Gasteiger partial charge in [-0.15, -0.1) is 0 Å². The standard InChI is InChI=1S/C10H11ClN2OS/c11-8-4-2-1-3-7(8)5-6-9(14)13-10(12)15/h1-4H,5-6H2,(H3,12,13,14,15). The second-order valence-corrected chi connectivity index (χ2v) is 3.85. The summed E-state index contributed by atoms with van der Waals surface area (Å²) in [4.78, 5) is 11.2. The minimum atomic E-state index is -0.192. The first kappa shape index (κ1) is 11.9. The van der Waals surface area contributed by atoms with Crippen molar-refractivity contribution in [1.82, 2.24) is 5.32 Å². The molecule has 1 rings (SSSR count). The first-order chi connectivity index (χ1) is 7.09. The van der Waals surface area contributed by atoms with E-state index in [9.17, 15) is 4.79 Å². The minimum absolute atomic E-state index is 0.000779. The number of carbonyl (C=O) groups excluding carboxylic acids is 1. The molecule has 0 aliphatic heterocycles. The van der Waals surface area contributed by atoms with Crippen LogP contribution in [-0.2, 0) is 11.2 Å². The zero-order chi connectivity index (χ0) is 11.3. The van der Waals surface area contributed by atoms with Crippen molar-refractivity contribution in [2.45, 2.75) is 12.8 Å². The molecular weight excluding hydrogens is 232 g/mol. The van der Waals surface area contributed by atoms with Crippen LogP contribution in [0.15, 0.2) is 24.3 Å². The van der Waals surface area contributed by atoms with Gasteiger partial charge in [0.05, 0.1) is 0 Å². The first-order valence-electron chi connectivity index (χ1n) is 4.42. The molecule has 1 aromatic carbocycles. The van der Waals surface area contributed by atoms with E-state index in [-0.39, 0.29) is 11.0 Å². The van der Waals surface area contributed by atoms with Crippen molar-refractivity contribution >= 4 is 34.8 Å². The molecule has 3 N–H and O–H groups in total. The third kappa shape index (κ3) is 4.27. The Labute approximate surface area is 98.6 Å². The molecule has 80 valence electrons. The van der Waals surface area contributed by atoms with Crippen LogP contribution >= 0.6 is 23.8 Å². The number of nitrogens with one attached hydrogen (secondary N) is 1. The van der Waals surface area contributed by atoms with Gasteiger partial charge in [-0.05, 0) is 30.3 Å². The molecule has 0 spiro atoms. The maximum Gasteiger partial charge on any atom is 0.226 e. The van der Waals surface area contributed by atoms with Gasteiger partial charge in [0.2, 0.25) is 5.91 Å². The van der Waals surface area contributed by atoms with Crippen LogP contribution in [0.25, 0.3) is 0 Å². The van der Waals surface area contributed by atoms with Gasteiger partial charge in [-0.2, -0.15) is 0 Å². The molecule has 15 heavy (non-hydrogen) atoms. The molecule has 0 aromatic heterocycles. The van der Waals surface area contributed by atoms with Gasteiger partial charge in [0.25, 0.3) is 0 Å². The van der Waals surface area contributed by atoms with Gasteiger partial charge in [0.15, 0.2) is 5.11 Å². The van der Waals surface area contributed by atoms with Crippen LogP contribution in [0.5, 0.6) is 0 Å². The SMILES string of the molecule is NC(=S)NC(=O)CCc1ccccc1Cl. The number of hydrogen-bond donors (Lipinski definition) is 2. The van der Waals surface area contributed by atoms with Crippen LogP contribution in [0, 0.1) is 0 Å². The molecule has 0 saturated carbocycles. The predicted molar refractivity (Wildman–Crippen MR) is 64.7 cm³/mol. The van der Waals surface area contributed by atoms with Crippen LogP contribution in [0.2, 0.25) is 5.02 Å². The number of thiocarbonyl (C=S) groups is 1. The van der Waals surface area contributed by atoms with Crippen LogP contribution in [-0.4, -0.2) is 11.0 Å². The number of benzene rings is 1. The van der Waals surface area contributed by atoms with Crippen LogP contribution in [0.1, 0.15) is 12.0 Å². The molecule has 3 nitrogen and oxygen atoms in total. The van der Waals surface area contributed by atoms with Crippen LogP contribution in [0.4, 0.5) is 0 Å². The van der Waals surface area contributed by atoms with Gasteiger partial charge in [0.1, 0.15) is 0 Å². The maximum atomic E-state index is 11.2. The summed E-state index contributed by atoms with van der Waals surface area (Å²) in [7, 11) is 0. The smallest absolute Gasteiger partial charge is 0.226 e. The molecule has 0 unspecified atom stereocenters. The molecule has 0 radical (unpaired) electrons. The highest BCUT2D eigenvalue weighted by Gasteiger charge is 2.04. The fourth-order valence-electron chi connectivity index (χ4n) is 1.15. The van der Waals surface area contributed by atoms with Crippen molar-refractivity contribution in [2.24, 2.45) is 5.73 Å². The molecule has 0 bridgehead atoms. The summed E-state index contributed by atoms with van der Waals surface area (Å²) in [5.74, 6) is -0.192. The molecule has 1 amide bonds. The zero-order valence-electron chi connectivity index (χ0n) is 8.00. The van der Waals surface area contributed by atoms with Crippen molar-refractivity contribution in [3.63, 3.8) is 0 Å². The van der Waals surface area contributed by atoms with Crippen molar-refractivity contribution in [3.05, 3.63) is 34.9 Å². The molecular formula is C10H11ClN2OS. The van der Waals surface area contributed by atoms with Crippen LogP contribution < -0.4 is 11.1 Å². The van der Waals surface area contributed by atoms with Crippen LogP contribution in [0.3, 0.4) is 0 Å². The fraction of sp³-hybridized carbons (Fsp3) is 0.200. The van der Waals surface area contributed by atoms with Gasteiger partial charge >= 0.3 is 0 Å². The van der Waals surface area contributed by atoms with E-state index in [4.69, 9.17) is 17.3 Å². The lowest BCUT2D eigenvalue weighted by atomic mass is 10.1. The third-order valence-corrected chi connectivity index (χ3v) is 2.31. The maximum absolute atomic E-state index is 11.2. The summed E-state index contributed by atoms with van der Waals surface area (Å²) in [6, 6.07) is 7.41. The summed E-state index contributed by atoms with van der Waals surface area (Å²) >= 11 is 10.5. The lowest BCUT2D eigenvalue weighted by Gasteiger charge is -2.04. The first-order valence-corrected chi connectivity index (χ1v) is 5.21. The molecule has 1 aromatic rings. The number of amides is 1. The van der Waals surface area contributed by atoms with E-state index in [1.54, 1.807) is 6.07 Å². The number of nitrogens with two attached hydrogens (primary N) is 1. The molecule has 0 aliphatic rings. The summed E-state index contributed by atoms with van der Waals surface area (Å²) in [6.45, 7) is 0. The molecule has 5 heteroatoms. The summed E-state index contributed by atoms with van der Waals surface area (Å²) in [6.07, 6.45) is 0.898. The molecule has 0 saturated heterocycles. The van der Waals surface area contributed by atoms with E-state index in [0.717, 1.165) is 5.56 Å². The van der Waals surface area contributed by atoms with E-state index in [1.165, 1.54) is 0 Å². The van der Waals surface area contributed by atoms with Gasteiger partial charge < -0.3 is 11.1 Å². The number of halogens is 1. The van der Waals surface area contributed by atoms with Gasteiger partial charge in [-0.1, -0.05) is 29.8 Å². The monoisotopic (exact) mass is 242 g/mol. The highest BCUT2D eigenvalue weighted by atomic mass is 35.5. The van der Waals surface area contributed by atoms with Crippen molar-refractivity contribution in [2.75, 3.05) is 0 Å². The average Bonchev–Trinajstić information content (AvgIpc) is 2.15. The number of aryl methyl sites for hydroxylation is 1. The summed E-state index contributed by atoms with van der Waals surface area (Å²) in [5, 5.41) is 3.03. The Morgan fingerprint density at radius 1 is 1.47 bits per heavy atom. The quantitative estimate of drug-likeness (QED) is 0.793. The van der Waals surface area contributed by atoms with E-state index in [2.05, 4.69) is 17.5 Å². The average molecular weight is 243 g/mol. The highest BCUT2D eigenvalue weighted by Crippen LogP contribution is 2.16. The second kappa shape index (κ2) is 5.68. The van der Waals surface area contributed by atoms with Crippen molar-refractivity contribution in [1.29, 1.82) is 0 Å². The molecule has 0 atom stereocenters. The minimum Gasteiger partial charge on any atom is -0.376 e. The Morgan fingerprint density at radius 2 is 2.13 bits per heavy atom. The van der Waals surface area contributed by atoms with Gasteiger partial charge in [0, 0.05) is 11.4 Å². The lowest BCUT2D eigenvalue weighted by Crippen LogP contribution is -2.34. The van der Waals surface area contributed by atoms with Crippen molar-refractivity contribution in [3.8, 4) is 0 Å². The normalized spacial score (nSPS) is 9.67. The number of rotatable bonds is 3. The third-order valence-electron chi connectivity index (χ3n) is 1.84. The Hall–Kier alpha value is -1.13. The van der Waals surface area contributed by atoms with Crippen molar-refractivity contribution < 1.29 is 4.79 Å². The molecule has 0 heterocycles.